The predicted octanol–water partition coefficient (Wildman–Crippen LogP) is 4.78. The SMILES string of the molecule is CC.CC(C)(C)Oc1ccc(C#N)cc1C(F)(F)F. The number of nitriles is 1. The molecule has 0 unspecified atom stereocenters. The van der Waals surface area contributed by atoms with Gasteiger partial charge in [0, 0.05) is 0 Å². The number of nitrogens with zero attached hydrogens (tertiary/aromatic N) is 1. The minimum Gasteiger partial charge on any atom is -0.488 e. The van der Waals surface area contributed by atoms with Gasteiger partial charge in [0.05, 0.1) is 17.2 Å². The fourth-order valence-electron chi connectivity index (χ4n) is 1.24. The zero-order valence-corrected chi connectivity index (χ0v) is 11.7. The highest BCUT2D eigenvalue weighted by molar-refractivity contribution is 5.43. The van der Waals surface area contributed by atoms with Crippen molar-refractivity contribution in [3.63, 3.8) is 0 Å². The minimum atomic E-state index is -4.53. The van der Waals surface area contributed by atoms with Gasteiger partial charge in [-0.2, -0.15) is 18.4 Å². The first-order chi connectivity index (χ1) is 8.63. The highest BCUT2D eigenvalue weighted by Crippen LogP contribution is 2.38. The first-order valence-corrected chi connectivity index (χ1v) is 5.94. The maximum Gasteiger partial charge on any atom is 0.420 e. The summed E-state index contributed by atoms with van der Waals surface area (Å²) in [6.45, 7) is 8.97. The lowest BCUT2D eigenvalue weighted by Crippen LogP contribution is -2.24. The summed E-state index contributed by atoms with van der Waals surface area (Å²) in [6.07, 6.45) is -4.53. The van der Waals surface area contributed by atoms with Crippen molar-refractivity contribution >= 4 is 0 Å². The van der Waals surface area contributed by atoms with E-state index in [-0.39, 0.29) is 11.3 Å². The smallest absolute Gasteiger partial charge is 0.420 e. The molecule has 1 rings (SSSR count). The van der Waals surface area contributed by atoms with Gasteiger partial charge in [-0.25, -0.2) is 0 Å². The van der Waals surface area contributed by atoms with Crippen LogP contribution in [-0.4, -0.2) is 5.60 Å². The van der Waals surface area contributed by atoms with Crippen molar-refractivity contribution in [2.24, 2.45) is 0 Å². The second-order valence-corrected chi connectivity index (χ2v) is 4.53. The molecule has 0 bridgehead atoms. The van der Waals surface area contributed by atoms with Gasteiger partial charge in [-0.05, 0) is 39.0 Å². The number of hydrogen-bond acceptors (Lipinski definition) is 2. The van der Waals surface area contributed by atoms with Gasteiger partial charge >= 0.3 is 6.18 Å². The molecular formula is C14H18F3NO. The molecule has 1 aromatic carbocycles. The third-order valence-corrected chi connectivity index (χ3v) is 1.83. The summed E-state index contributed by atoms with van der Waals surface area (Å²) in [5.41, 5.74) is -1.70. The van der Waals surface area contributed by atoms with Crippen LogP contribution in [0, 0.1) is 11.3 Å². The quantitative estimate of drug-likeness (QED) is 0.737. The van der Waals surface area contributed by atoms with Crippen LogP contribution < -0.4 is 4.74 Å². The first kappa shape index (κ1) is 17.3. The van der Waals surface area contributed by atoms with E-state index in [1.807, 2.05) is 13.8 Å². The predicted molar refractivity (Wildman–Crippen MR) is 67.9 cm³/mol. The number of ether oxygens (including phenoxy) is 1. The molecule has 2 nitrogen and oxygen atoms in total. The molecule has 0 radical (unpaired) electrons. The van der Waals surface area contributed by atoms with Gasteiger partial charge in [0.15, 0.2) is 0 Å². The molecule has 0 saturated carbocycles. The molecule has 19 heavy (non-hydrogen) atoms. The van der Waals surface area contributed by atoms with Crippen molar-refractivity contribution in [1.82, 2.24) is 0 Å². The van der Waals surface area contributed by atoms with Crippen molar-refractivity contribution in [3.05, 3.63) is 29.3 Å². The Labute approximate surface area is 111 Å². The number of rotatable bonds is 1. The van der Waals surface area contributed by atoms with E-state index in [0.717, 1.165) is 6.07 Å². The summed E-state index contributed by atoms with van der Waals surface area (Å²) < 4.78 is 43.5. The fraction of sp³-hybridized carbons (Fsp3) is 0.500. The van der Waals surface area contributed by atoms with Gasteiger partial charge in [-0.15, -0.1) is 0 Å². The lowest BCUT2D eigenvalue weighted by Gasteiger charge is -2.24. The van der Waals surface area contributed by atoms with Crippen LogP contribution in [0.15, 0.2) is 18.2 Å². The average Bonchev–Trinajstić information content (AvgIpc) is 2.29. The molecule has 0 atom stereocenters. The Morgan fingerprint density at radius 2 is 1.63 bits per heavy atom. The summed E-state index contributed by atoms with van der Waals surface area (Å²) in [5, 5.41) is 8.59. The van der Waals surface area contributed by atoms with Crippen LogP contribution in [0.25, 0.3) is 0 Å². The lowest BCUT2D eigenvalue weighted by molar-refractivity contribution is -0.139. The maximum atomic E-state index is 12.8. The number of alkyl halides is 3. The largest absolute Gasteiger partial charge is 0.488 e. The molecule has 0 aromatic heterocycles. The summed E-state index contributed by atoms with van der Waals surface area (Å²) in [4.78, 5) is 0. The highest BCUT2D eigenvalue weighted by Gasteiger charge is 2.35. The van der Waals surface area contributed by atoms with E-state index in [1.165, 1.54) is 12.1 Å². The van der Waals surface area contributed by atoms with E-state index in [4.69, 9.17) is 10.00 Å². The molecule has 0 aliphatic rings. The lowest BCUT2D eigenvalue weighted by atomic mass is 10.1. The summed E-state index contributed by atoms with van der Waals surface area (Å²) in [5.74, 6) is -0.260. The third-order valence-electron chi connectivity index (χ3n) is 1.83. The van der Waals surface area contributed by atoms with E-state index >= 15 is 0 Å². The topological polar surface area (TPSA) is 33.0 Å². The molecule has 106 valence electrons. The monoisotopic (exact) mass is 273 g/mol. The zero-order valence-electron chi connectivity index (χ0n) is 11.7. The van der Waals surface area contributed by atoms with Crippen molar-refractivity contribution in [2.45, 2.75) is 46.4 Å². The van der Waals surface area contributed by atoms with Crippen LogP contribution in [0.2, 0.25) is 0 Å². The molecule has 0 fully saturated rings. The highest BCUT2D eigenvalue weighted by atomic mass is 19.4. The Morgan fingerprint density at radius 1 is 1.11 bits per heavy atom. The second-order valence-electron chi connectivity index (χ2n) is 4.53. The Morgan fingerprint density at radius 3 is 2.00 bits per heavy atom. The fourth-order valence-corrected chi connectivity index (χ4v) is 1.24. The van der Waals surface area contributed by atoms with Crippen molar-refractivity contribution in [2.75, 3.05) is 0 Å². The average molecular weight is 273 g/mol. The van der Waals surface area contributed by atoms with Crippen molar-refractivity contribution < 1.29 is 17.9 Å². The van der Waals surface area contributed by atoms with E-state index in [9.17, 15) is 13.2 Å². The van der Waals surface area contributed by atoms with Gasteiger partial charge in [-0.3, -0.25) is 0 Å². The number of benzene rings is 1. The molecule has 0 aliphatic carbocycles. The van der Waals surface area contributed by atoms with Crippen LogP contribution in [0.1, 0.15) is 45.7 Å². The van der Waals surface area contributed by atoms with Crippen molar-refractivity contribution in [3.8, 4) is 11.8 Å². The van der Waals surface area contributed by atoms with E-state index < -0.39 is 17.3 Å². The van der Waals surface area contributed by atoms with Gasteiger partial charge < -0.3 is 4.74 Å². The normalized spacial score (nSPS) is 11.1. The standard InChI is InChI=1S/C12H12F3NO.C2H6/c1-11(2,3)17-10-5-4-8(7-16)6-9(10)12(13,14)15;1-2/h4-6H,1-3H3;1-2H3. The van der Waals surface area contributed by atoms with E-state index in [2.05, 4.69) is 0 Å². The molecular weight excluding hydrogens is 255 g/mol. The van der Waals surface area contributed by atoms with Crippen LogP contribution >= 0.6 is 0 Å². The molecule has 0 amide bonds. The number of hydrogen-bond donors (Lipinski definition) is 0. The van der Waals surface area contributed by atoms with E-state index in [1.54, 1.807) is 26.8 Å². The second kappa shape index (κ2) is 6.46. The van der Waals surface area contributed by atoms with Crippen LogP contribution in [0.4, 0.5) is 13.2 Å². The van der Waals surface area contributed by atoms with E-state index in [0.29, 0.717) is 0 Å². The Bertz CT molecular complexity index is 453. The number of halogens is 3. The zero-order chi connectivity index (χ0) is 15.3. The van der Waals surface area contributed by atoms with Crippen LogP contribution in [0.3, 0.4) is 0 Å². The molecule has 0 aliphatic heterocycles. The molecule has 1 aromatic rings. The summed E-state index contributed by atoms with van der Waals surface area (Å²) in [6, 6.07) is 4.94. The van der Waals surface area contributed by atoms with Crippen LogP contribution in [-0.2, 0) is 6.18 Å². The minimum absolute atomic E-state index is 0.0430. The Hall–Kier alpha value is -1.70. The Kier molecular flexibility index (Phi) is 5.88. The van der Waals surface area contributed by atoms with Gasteiger partial charge in [0.1, 0.15) is 11.4 Å². The maximum absolute atomic E-state index is 12.8. The molecule has 0 spiro atoms. The van der Waals surface area contributed by atoms with Crippen LogP contribution in [0.5, 0.6) is 5.75 Å². The third kappa shape index (κ3) is 5.64. The molecule has 5 heteroatoms. The molecule has 0 saturated heterocycles. The summed E-state index contributed by atoms with van der Waals surface area (Å²) >= 11 is 0. The first-order valence-electron chi connectivity index (χ1n) is 5.94. The van der Waals surface area contributed by atoms with Crippen molar-refractivity contribution in [1.29, 1.82) is 5.26 Å². The summed E-state index contributed by atoms with van der Waals surface area (Å²) in [7, 11) is 0. The molecule has 0 heterocycles. The van der Waals surface area contributed by atoms with Gasteiger partial charge in [0.25, 0.3) is 0 Å². The molecule has 0 N–H and O–H groups in total. The Balaban J connectivity index is 0.00000154. The van der Waals surface area contributed by atoms with Gasteiger partial charge in [0.2, 0.25) is 0 Å². The van der Waals surface area contributed by atoms with Gasteiger partial charge in [-0.1, -0.05) is 13.8 Å².